The van der Waals surface area contributed by atoms with Crippen LogP contribution in [-0.4, -0.2) is 27.6 Å². The summed E-state index contributed by atoms with van der Waals surface area (Å²) in [5.41, 5.74) is 0. The van der Waals surface area contributed by atoms with E-state index in [-0.39, 0.29) is 0 Å². The second-order valence-corrected chi connectivity index (χ2v) is 5.09. The van der Waals surface area contributed by atoms with Gasteiger partial charge in [-0.2, -0.15) is 11.8 Å². The Labute approximate surface area is 96.7 Å². The summed E-state index contributed by atoms with van der Waals surface area (Å²) >= 11 is 1.89. The van der Waals surface area contributed by atoms with Crippen LogP contribution in [0.2, 0.25) is 0 Å². The lowest BCUT2D eigenvalue weighted by atomic mass is 10.2. The van der Waals surface area contributed by atoms with Crippen LogP contribution in [0.1, 0.15) is 32.1 Å². The zero-order chi connectivity index (χ0) is 11.3. The predicted molar refractivity (Wildman–Crippen MR) is 67.2 cm³/mol. The van der Waals surface area contributed by atoms with Gasteiger partial charge in [-0.15, -0.1) is 0 Å². The Morgan fingerprint density at radius 1 is 1.60 bits per heavy atom. The fourth-order valence-electron chi connectivity index (χ4n) is 1.52. The smallest absolute Gasteiger partial charge is 0.125 e. The first-order valence-corrected chi connectivity index (χ1v) is 6.71. The molecule has 3 nitrogen and oxygen atoms in total. The molecule has 1 N–H and O–H groups in total. The normalized spacial score (nSPS) is 15.2. The predicted octanol–water partition coefficient (Wildman–Crippen LogP) is 2.21. The first-order valence-electron chi connectivity index (χ1n) is 5.42. The molecule has 0 aliphatic carbocycles. The maximum absolute atomic E-state index is 4.38. The second kappa shape index (κ2) is 6.18. The van der Waals surface area contributed by atoms with E-state index in [0.717, 1.165) is 18.8 Å². The highest BCUT2D eigenvalue weighted by atomic mass is 32.2. The third kappa shape index (κ3) is 3.54. The Kier molecular flexibility index (Phi) is 5.19. The van der Waals surface area contributed by atoms with Crippen LogP contribution in [0.15, 0.2) is 12.4 Å². The third-order valence-corrected chi connectivity index (χ3v) is 3.60. The minimum Gasteiger partial charge on any atom is -0.337 e. The molecule has 0 saturated heterocycles. The molecule has 0 saturated carbocycles. The molecule has 0 aromatic carbocycles. The minimum absolute atomic E-state index is 0.375. The third-order valence-electron chi connectivity index (χ3n) is 2.63. The van der Waals surface area contributed by atoms with Gasteiger partial charge in [0.05, 0.1) is 6.04 Å². The van der Waals surface area contributed by atoms with Crippen molar-refractivity contribution in [3.05, 3.63) is 18.2 Å². The molecule has 4 heteroatoms. The molecule has 2 unspecified atom stereocenters. The van der Waals surface area contributed by atoms with E-state index in [1.165, 1.54) is 0 Å². The van der Waals surface area contributed by atoms with Crippen LogP contribution in [0.4, 0.5) is 0 Å². The Morgan fingerprint density at radius 2 is 2.33 bits per heavy atom. The Balaban J connectivity index is 2.53. The number of aryl methyl sites for hydroxylation is 1. The Hall–Kier alpha value is -0.480. The summed E-state index contributed by atoms with van der Waals surface area (Å²) in [6.07, 6.45) is 7.08. The fourth-order valence-corrected chi connectivity index (χ4v) is 1.79. The fraction of sp³-hybridized carbons (Fsp3) is 0.727. The first-order chi connectivity index (χ1) is 7.19. The molecule has 0 amide bonds. The molecule has 1 aromatic rings. The van der Waals surface area contributed by atoms with Crippen molar-refractivity contribution in [2.75, 3.05) is 12.8 Å². The second-order valence-electron chi connectivity index (χ2n) is 3.81. The van der Waals surface area contributed by atoms with E-state index >= 15 is 0 Å². The summed E-state index contributed by atoms with van der Waals surface area (Å²) in [6.45, 7) is 5.46. The van der Waals surface area contributed by atoms with Crippen molar-refractivity contribution in [3.8, 4) is 0 Å². The quantitative estimate of drug-likeness (QED) is 0.808. The maximum atomic E-state index is 4.38. The highest BCUT2D eigenvalue weighted by Crippen LogP contribution is 2.14. The molecule has 86 valence electrons. The number of aromatic nitrogens is 2. The van der Waals surface area contributed by atoms with Gasteiger partial charge in [-0.05, 0) is 12.7 Å². The van der Waals surface area contributed by atoms with Crippen LogP contribution >= 0.6 is 11.8 Å². The van der Waals surface area contributed by atoms with E-state index in [9.17, 15) is 0 Å². The van der Waals surface area contributed by atoms with Gasteiger partial charge in [0.1, 0.15) is 5.82 Å². The standard InChI is InChI=1S/C11H21N3S/c1-5-10(13-8-9(2)15-4)11-12-6-7-14(11)3/h6-7,9-10,13H,5,8H2,1-4H3. The van der Waals surface area contributed by atoms with E-state index in [1.54, 1.807) is 0 Å². The molecule has 1 heterocycles. The molecule has 1 aromatic heterocycles. The number of nitrogens with zero attached hydrogens (tertiary/aromatic N) is 2. The molecule has 1 rings (SSSR count). The van der Waals surface area contributed by atoms with Crippen molar-refractivity contribution in [1.82, 2.24) is 14.9 Å². The van der Waals surface area contributed by atoms with Gasteiger partial charge in [-0.1, -0.05) is 13.8 Å². The molecule has 0 bridgehead atoms. The number of hydrogen-bond donors (Lipinski definition) is 1. The Bertz CT molecular complexity index is 285. The van der Waals surface area contributed by atoms with Crippen LogP contribution < -0.4 is 5.32 Å². The highest BCUT2D eigenvalue weighted by Gasteiger charge is 2.13. The van der Waals surface area contributed by atoms with Gasteiger partial charge in [0, 0.05) is 31.2 Å². The van der Waals surface area contributed by atoms with Crippen LogP contribution in [0, 0.1) is 0 Å². The molecular weight excluding hydrogens is 206 g/mol. The van der Waals surface area contributed by atoms with Gasteiger partial charge in [0.2, 0.25) is 0 Å². The molecule has 0 radical (unpaired) electrons. The van der Waals surface area contributed by atoms with Crippen molar-refractivity contribution >= 4 is 11.8 Å². The monoisotopic (exact) mass is 227 g/mol. The number of rotatable bonds is 6. The molecule has 0 spiro atoms. The summed E-state index contributed by atoms with van der Waals surface area (Å²) in [7, 11) is 2.05. The molecule has 0 aliphatic rings. The average molecular weight is 227 g/mol. The lowest BCUT2D eigenvalue weighted by Crippen LogP contribution is -2.28. The summed E-state index contributed by atoms with van der Waals surface area (Å²) in [6, 6.07) is 0.375. The Morgan fingerprint density at radius 3 is 2.80 bits per heavy atom. The summed E-state index contributed by atoms with van der Waals surface area (Å²) in [5.74, 6) is 1.13. The van der Waals surface area contributed by atoms with Crippen molar-refractivity contribution in [3.63, 3.8) is 0 Å². The van der Waals surface area contributed by atoms with Gasteiger partial charge in [-0.3, -0.25) is 0 Å². The summed E-state index contributed by atoms with van der Waals surface area (Å²) < 4.78 is 2.09. The number of imidazole rings is 1. The highest BCUT2D eigenvalue weighted by molar-refractivity contribution is 7.99. The van der Waals surface area contributed by atoms with Crippen molar-refractivity contribution in [1.29, 1.82) is 0 Å². The van der Waals surface area contributed by atoms with Gasteiger partial charge in [-0.25, -0.2) is 4.98 Å². The summed E-state index contributed by atoms with van der Waals surface area (Å²) in [5, 5.41) is 4.21. The SMILES string of the molecule is CCC(NCC(C)SC)c1nccn1C. The minimum atomic E-state index is 0.375. The molecule has 0 aliphatic heterocycles. The van der Waals surface area contributed by atoms with E-state index in [4.69, 9.17) is 0 Å². The molecule has 2 atom stereocenters. The van der Waals surface area contributed by atoms with Crippen LogP contribution in [-0.2, 0) is 7.05 Å². The zero-order valence-electron chi connectivity index (χ0n) is 10.0. The van der Waals surface area contributed by atoms with E-state index in [2.05, 4.69) is 35.0 Å². The number of nitrogens with one attached hydrogen (secondary N) is 1. The first kappa shape index (κ1) is 12.6. The summed E-state index contributed by atoms with van der Waals surface area (Å²) in [4.78, 5) is 4.38. The van der Waals surface area contributed by atoms with Crippen LogP contribution in [0.25, 0.3) is 0 Å². The topological polar surface area (TPSA) is 29.9 Å². The van der Waals surface area contributed by atoms with E-state index < -0.39 is 0 Å². The number of hydrogen-bond acceptors (Lipinski definition) is 3. The van der Waals surface area contributed by atoms with E-state index in [1.807, 2.05) is 31.2 Å². The van der Waals surface area contributed by atoms with Gasteiger partial charge >= 0.3 is 0 Å². The largest absolute Gasteiger partial charge is 0.337 e. The van der Waals surface area contributed by atoms with Crippen molar-refractivity contribution < 1.29 is 0 Å². The molecule has 15 heavy (non-hydrogen) atoms. The number of thioether (sulfide) groups is 1. The van der Waals surface area contributed by atoms with Gasteiger partial charge in [0.15, 0.2) is 0 Å². The van der Waals surface area contributed by atoms with Crippen molar-refractivity contribution in [2.45, 2.75) is 31.6 Å². The van der Waals surface area contributed by atoms with Gasteiger partial charge < -0.3 is 9.88 Å². The van der Waals surface area contributed by atoms with Crippen LogP contribution in [0.5, 0.6) is 0 Å². The zero-order valence-corrected chi connectivity index (χ0v) is 10.8. The molecule has 0 fully saturated rings. The molecular formula is C11H21N3S. The van der Waals surface area contributed by atoms with Crippen molar-refractivity contribution in [2.24, 2.45) is 7.05 Å². The lowest BCUT2D eigenvalue weighted by Gasteiger charge is -2.18. The van der Waals surface area contributed by atoms with Gasteiger partial charge in [0.25, 0.3) is 0 Å². The lowest BCUT2D eigenvalue weighted by molar-refractivity contribution is 0.485. The maximum Gasteiger partial charge on any atom is 0.125 e. The van der Waals surface area contributed by atoms with Crippen LogP contribution in [0.3, 0.4) is 0 Å². The average Bonchev–Trinajstić information content (AvgIpc) is 2.65. The van der Waals surface area contributed by atoms with E-state index in [0.29, 0.717) is 11.3 Å².